The second-order valence-corrected chi connectivity index (χ2v) is 8.25. The van der Waals surface area contributed by atoms with Crippen LogP contribution in [0.3, 0.4) is 0 Å². The van der Waals surface area contributed by atoms with Crippen molar-refractivity contribution in [3.05, 3.63) is 90.0 Å². The number of para-hydroxylation sites is 3. The third-order valence-corrected chi connectivity index (χ3v) is 5.99. The smallest absolute Gasteiger partial charge is 0.409 e. The summed E-state index contributed by atoms with van der Waals surface area (Å²) in [5.74, 6) is 0.205. The third-order valence-electron chi connectivity index (χ3n) is 4.61. The summed E-state index contributed by atoms with van der Waals surface area (Å²) in [5.41, 5.74) is 2.87. The van der Waals surface area contributed by atoms with Gasteiger partial charge in [-0.2, -0.15) is 0 Å². The Labute approximate surface area is 168 Å². The Bertz CT molecular complexity index is 1080. The summed E-state index contributed by atoms with van der Waals surface area (Å²) in [7, 11) is -3.18. The molecular weight excluding hydrogens is 387 g/mol. The van der Waals surface area contributed by atoms with Crippen molar-refractivity contribution in [2.24, 2.45) is 0 Å². The van der Waals surface area contributed by atoms with Crippen LogP contribution in [0.2, 0.25) is 0 Å². The molecule has 4 rings (SSSR count). The Hall–Kier alpha value is -3.34. The lowest BCUT2D eigenvalue weighted by atomic mass is 10.1. The molecule has 2 amide bonds. The highest BCUT2D eigenvalue weighted by Gasteiger charge is 2.37. The van der Waals surface area contributed by atoms with Crippen LogP contribution in [-0.2, 0) is 4.57 Å². The SMILES string of the molecule is CN(C(=O)N1c2ccccc2C=Cc2ccccc21)P(=O)(O)Oc1ccccc1. The minimum atomic E-state index is -4.44. The van der Waals surface area contributed by atoms with Gasteiger partial charge in [-0.3, -0.25) is 9.79 Å². The zero-order chi connectivity index (χ0) is 20.4. The number of amides is 2. The van der Waals surface area contributed by atoms with Gasteiger partial charge in [-0.15, -0.1) is 0 Å². The van der Waals surface area contributed by atoms with Gasteiger partial charge in [0.2, 0.25) is 0 Å². The molecule has 0 aromatic heterocycles. The molecule has 1 unspecified atom stereocenters. The van der Waals surface area contributed by atoms with E-state index in [0.29, 0.717) is 11.4 Å². The maximum absolute atomic E-state index is 13.4. The van der Waals surface area contributed by atoms with Gasteiger partial charge >= 0.3 is 13.8 Å². The highest BCUT2D eigenvalue weighted by Crippen LogP contribution is 2.48. The van der Waals surface area contributed by atoms with Gasteiger partial charge in [0.05, 0.1) is 11.4 Å². The van der Waals surface area contributed by atoms with Gasteiger partial charge in [0.15, 0.2) is 0 Å². The summed E-state index contributed by atoms with van der Waals surface area (Å²) in [4.78, 5) is 25.4. The summed E-state index contributed by atoms with van der Waals surface area (Å²) in [6.07, 6.45) is 3.83. The molecule has 1 aliphatic rings. The van der Waals surface area contributed by atoms with Crippen molar-refractivity contribution >= 4 is 37.3 Å². The van der Waals surface area contributed by atoms with Crippen molar-refractivity contribution in [3.63, 3.8) is 0 Å². The zero-order valence-electron chi connectivity index (χ0n) is 15.7. The Morgan fingerprint density at radius 1 is 0.862 bits per heavy atom. The van der Waals surface area contributed by atoms with E-state index < -0.39 is 13.8 Å². The van der Waals surface area contributed by atoms with Crippen molar-refractivity contribution in [1.29, 1.82) is 0 Å². The van der Waals surface area contributed by atoms with E-state index in [0.717, 1.165) is 15.8 Å². The van der Waals surface area contributed by atoms with E-state index in [1.165, 1.54) is 11.9 Å². The van der Waals surface area contributed by atoms with Crippen LogP contribution in [0.4, 0.5) is 16.2 Å². The minimum Gasteiger partial charge on any atom is -0.409 e. The standard InChI is InChI=1S/C22H19N2O4P/c1-23(29(26,27)28-19-11-3-2-4-12-19)22(25)24-20-13-7-5-9-17(20)15-16-18-10-6-8-14-21(18)24/h2-16H,1H3,(H,26,27). The minimum absolute atomic E-state index is 0.205. The average Bonchev–Trinajstić information content (AvgIpc) is 2.90. The van der Waals surface area contributed by atoms with Crippen LogP contribution in [0.25, 0.3) is 12.2 Å². The summed E-state index contributed by atoms with van der Waals surface area (Å²) >= 11 is 0. The fourth-order valence-corrected chi connectivity index (χ4v) is 3.94. The van der Waals surface area contributed by atoms with Crippen molar-refractivity contribution in [2.45, 2.75) is 0 Å². The predicted octanol–water partition coefficient (Wildman–Crippen LogP) is 5.54. The monoisotopic (exact) mass is 406 g/mol. The van der Waals surface area contributed by atoms with E-state index in [-0.39, 0.29) is 5.75 Å². The van der Waals surface area contributed by atoms with Gasteiger partial charge < -0.3 is 4.52 Å². The number of rotatable bonds is 3. The molecule has 1 N–H and O–H groups in total. The molecule has 0 saturated carbocycles. The summed E-state index contributed by atoms with van der Waals surface area (Å²) in [6.45, 7) is 0. The van der Waals surface area contributed by atoms with Crippen molar-refractivity contribution < 1.29 is 18.8 Å². The van der Waals surface area contributed by atoms with E-state index >= 15 is 0 Å². The normalized spacial score (nSPS) is 14.2. The van der Waals surface area contributed by atoms with Crippen molar-refractivity contribution in [1.82, 2.24) is 4.67 Å². The van der Waals surface area contributed by atoms with E-state index in [9.17, 15) is 14.3 Å². The van der Waals surface area contributed by atoms with Gasteiger partial charge in [0, 0.05) is 7.05 Å². The Morgan fingerprint density at radius 3 is 1.90 bits per heavy atom. The number of hydrogen-bond donors (Lipinski definition) is 1. The second kappa shape index (κ2) is 7.59. The highest BCUT2D eigenvalue weighted by atomic mass is 31.2. The lowest BCUT2D eigenvalue weighted by Gasteiger charge is -2.31. The van der Waals surface area contributed by atoms with Gasteiger partial charge in [0.1, 0.15) is 5.75 Å². The molecule has 3 aromatic rings. The maximum atomic E-state index is 13.4. The molecule has 0 fully saturated rings. The van der Waals surface area contributed by atoms with E-state index in [1.54, 1.807) is 42.5 Å². The zero-order valence-corrected chi connectivity index (χ0v) is 16.6. The molecule has 6 nitrogen and oxygen atoms in total. The second-order valence-electron chi connectivity index (χ2n) is 6.49. The molecule has 0 aliphatic carbocycles. The molecule has 0 spiro atoms. The topological polar surface area (TPSA) is 70.1 Å². The number of nitrogens with zero attached hydrogens (tertiary/aromatic N) is 2. The molecule has 3 aromatic carbocycles. The van der Waals surface area contributed by atoms with Gasteiger partial charge in [-0.05, 0) is 35.4 Å². The number of hydrogen-bond acceptors (Lipinski definition) is 3. The molecule has 29 heavy (non-hydrogen) atoms. The first kappa shape index (κ1) is 19.0. The van der Waals surface area contributed by atoms with E-state index in [1.807, 2.05) is 48.6 Å². The number of fused-ring (bicyclic) bond motifs is 2. The third kappa shape index (κ3) is 3.68. The molecule has 1 atom stereocenters. The Morgan fingerprint density at radius 2 is 1.34 bits per heavy atom. The first-order valence-electron chi connectivity index (χ1n) is 8.99. The largest absolute Gasteiger partial charge is 0.489 e. The van der Waals surface area contributed by atoms with Crippen LogP contribution in [0.1, 0.15) is 11.1 Å². The van der Waals surface area contributed by atoms with Crippen LogP contribution in [0.5, 0.6) is 5.75 Å². The molecule has 7 heteroatoms. The van der Waals surface area contributed by atoms with Crippen molar-refractivity contribution in [3.8, 4) is 5.75 Å². The maximum Gasteiger partial charge on any atom is 0.489 e. The fraction of sp³-hybridized carbons (Fsp3) is 0.0455. The Kier molecular flexibility index (Phi) is 4.97. The average molecular weight is 406 g/mol. The van der Waals surface area contributed by atoms with Crippen LogP contribution in [-0.4, -0.2) is 22.6 Å². The number of anilines is 2. The fourth-order valence-electron chi connectivity index (χ4n) is 3.11. The summed E-state index contributed by atoms with van der Waals surface area (Å²) in [6, 6.07) is 22.3. The van der Waals surface area contributed by atoms with Gasteiger partial charge in [-0.1, -0.05) is 66.7 Å². The van der Waals surface area contributed by atoms with Gasteiger partial charge in [-0.25, -0.2) is 14.0 Å². The molecular formula is C22H19N2O4P. The molecule has 0 saturated heterocycles. The number of carbonyl (C=O) groups excluding carboxylic acids is 1. The first-order chi connectivity index (χ1) is 14.0. The first-order valence-corrected chi connectivity index (χ1v) is 10.5. The number of carbonyl (C=O) groups is 1. The van der Waals surface area contributed by atoms with Crippen LogP contribution in [0.15, 0.2) is 78.9 Å². The van der Waals surface area contributed by atoms with Crippen LogP contribution >= 0.6 is 7.75 Å². The number of benzene rings is 3. The lowest BCUT2D eigenvalue weighted by molar-refractivity contribution is 0.226. The number of urea groups is 1. The van der Waals surface area contributed by atoms with E-state index in [2.05, 4.69) is 0 Å². The molecule has 0 radical (unpaired) electrons. The van der Waals surface area contributed by atoms with Crippen LogP contribution < -0.4 is 9.42 Å². The lowest BCUT2D eigenvalue weighted by Crippen LogP contribution is -2.38. The molecule has 0 bridgehead atoms. The summed E-state index contributed by atoms with van der Waals surface area (Å²) < 4.78 is 18.9. The van der Waals surface area contributed by atoms with Crippen LogP contribution in [0, 0.1) is 0 Å². The molecule has 1 aliphatic heterocycles. The van der Waals surface area contributed by atoms with E-state index in [4.69, 9.17) is 4.52 Å². The summed E-state index contributed by atoms with van der Waals surface area (Å²) in [5, 5.41) is 0. The quantitative estimate of drug-likeness (QED) is 0.580. The predicted molar refractivity (Wildman–Crippen MR) is 114 cm³/mol. The highest BCUT2D eigenvalue weighted by molar-refractivity contribution is 7.51. The Balaban J connectivity index is 1.74. The molecule has 146 valence electrons. The van der Waals surface area contributed by atoms with Crippen molar-refractivity contribution in [2.75, 3.05) is 11.9 Å². The van der Waals surface area contributed by atoms with Gasteiger partial charge in [0.25, 0.3) is 0 Å². The molecule has 1 heterocycles.